The van der Waals surface area contributed by atoms with Crippen molar-refractivity contribution in [1.82, 2.24) is 34.6 Å². The molecule has 4 heterocycles. The van der Waals surface area contributed by atoms with Gasteiger partial charge in [-0.2, -0.15) is 10.1 Å². The summed E-state index contributed by atoms with van der Waals surface area (Å²) < 4.78 is 8.14. The van der Waals surface area contributed by atoms with Crippen molar-refractivity contribution in [3.8, 4) is 17.3 Å². The standard InChI is InChI=1S/C19H25N7O3/c1-10-11(8-22-24-10)15-23-13-16(25(15)5)20-9-21-17(13)29-12-6-7-26(18(27)28)14(12)19(2,3)4/h8-9,12,14H,6-7H2,1-5H3,(H,22,24)(H,27,28). The van der Waals surface area contributed by atoms with Crippen LogP contribution in [0, 0.1) is 12.3 Å². The van der Waals surface area contributed by atoms with Crippen LogP contribution in [0.1, 0.15) is 32.9 Å². The van der Waals surface area contributed by atoms with Crippen molar-refractivity contribution in [3.63, 3.8) is 0 Å². The van der Waals surface area contributed by atoms with E-state index in [1.165, 1.54) is 11.2 Å². The van der Waals surface area contributed by atoms with E-state index in [0.717, 1.165) is 11.3 Å². The van der Waals surface area contributed by atoms with E-state index >= 15 is 0 Å². The first-order valence-electron chi connectivity index (χ1n) is 9.53. The molecule has 1 saturated heterocycles. The average Bonchev–Trinajstić information content (AvgIpc) is 3.33. The number of hydrogen-bond donors (Lipinski definition) is 2. The number of aryl methyl sites for hydroxylation is 2. The van der Waals surface area contributed by atoms with Gasteiger partial charge < -0.3 is 19.3 Å². The summed E-state index contributed by atoms with van der Waals surface area (Å²) in [6.07, 6.45) is 2.59. The molecular weight excluding hydrogens is 374 g/mol. The summed E-state index contributed by atoms with van der Waals surface area (Å²) in [4.78, 5) is 26.6. The molecule has 0 bridgehead atoms. The zero-order valence-electron chi connectivity index (χ0n) is 17.2. The predicted octanol–water partition coefficient (Wildman–Crippen LogP) is 2.61. The van der Waals surface area contributed by atoms with E-state index in [0.29, 0.717) is 35.8 Å². The zero-order valence-corrected chi connectivity index (χ0v) is 17.2. The van der Waals surface area contributed by atoms with E-state index in [9.17, 15) is 9.90 Å². The molecule has 29 heavy (non-hydrogen) atoms. The molecule has 1 aliphatic heterocycles. The van der Waals surface area contributed by atoms with E-state index in [2.05, 4.69) is 20.2 Å². The lowest BCUT2D eigenvalue weighted by molar-refractivity contribution is 0.0558. The number of carboxylic acid groups (broad SMARTS) is 1. The molecule has 1 aliphatic rings. The topological polar surface area (TPSA) is 122 Å². The summed E-state index contributed by atoms with van der Waals surface area (Å²) in [6.45, 7) is 8.39. The maximum Gasteiger partial charge on any atom is 0.407 e. The number of aromatic amines is 1. The molecule has 2 unspecified atom stereocenters. The molecule has 3 aromatic heterocycles. The highest BCUT2D eigenvalue weighted by Gasteiger charge is 2.45. The van der Waals surface area contributed by atoms with Gasteiger partial charge in [0.25, 0.3) is 0 Å². The van der Waals surface area contributed by atoms with Crippen molar-refractivity contribution in [1.29, 1.82) is 0 Å². The molecule has 2 N–H and O–H groups in total. The fourth-order valence-electron chi connectivity index (χ4n) is 4.16. The molecule has 4 rings (SSSR count). The van der Waals surface area contributed by atoms with Crippen LogP contribution in [0.25, 0.3) is 22.6 Å². The van der Waals surface area contributed by atoms with Crippen LogP contribution >= 0.6 is 0 Å². The Kier molecular flexibility index (Phi) is 4.44. The van der Waals surface area contributed by atoms with Crippen LogP contribution in [-0.2, 0) is 7.05 Å². The van der Waals surface area contributed by atoms with Gasteiger partial charge in [-0.3, -0.25) is 5.10 Å². The molecule has 154 valence electrons. The molecule has 0 spiro atoms. The third-order valence-corrected chi connectivity index (χ3v) is 5.43. The summed E-state index contributed by atoms with van der Waals surface area (Å²) in [5, 5.41) is 16.6. The van der Waals surface area contributed by atoms with Crippen LogP contribution in [0.4, 0.5) is 4.79 Å². The van der Waals surface area contributed by atoms with Crippen molar-refractivity contribution in [2.45, 2.75) is 46.3 Å². The first-order valence-corrected chi connectivity index (χ1v) is 9.53. The Labute approximate surface area is 167 Å². The lowest BCUT2D eigenvalue weighted by atomic mass is 9.84. The lowest BCUT2D eigenvalue weighted by Crippen LogP contribution is -2.48. The van der Waals surface area contributed by atoms with Crippen molar-refractivity contribution in [2.24, 2.45) is 12.5 Å². The van der Waals surface area contributed by atoms with Crippen molar-refractivity contribution in [3.05, 3.63) is 18.2 Å². The van der Waals surface area contributed by atoms with Gasteiger partial charge in [0.15, 0.2) is 11.2 Å². The largest absolute Gasteiger partial charge is 0.470 e. The first kappa shape index (κ1) is 19.2. The number of nitrogens with one attached hydrogen (secondary N) is 1. The van der Waals surface area contributed by atoms with Gasteiger partial charge in [0.2, 0.25) is 5.88 Å². The average molecular weight is 399 g/mol. The second kappa shape index (κ2) is 6.71. The van der Waals surface area contributed by atoms with E-state index in [-0.39, 0.29) is 17.6 Å². The number of amides is 1. The van der Waals surface area contributed by atoms with Crippen molar-refractivity contribution in [2.75, 3.05) is 6.54 Å². The van der Waals surface area contributed by atoms with Gasteiger partial charge in [-0.15, -0.1) is 0 Å². The number of aromatic nitrogens is 6. The van der Waals surface area contributed by atoms with E-state index < -0.39 is 6.09 Å². The number of likely N-dealkylation sites (tertiary alicyclic amines) is 1. The van der Waals surface area contributed by atoms with Crippen LogP contribution in [0.2, 0.25) is 0 Å². The third kappa shape index (κ3) is 3.18. The number of nitrogens with zero attached hydrogens (tertiary/aromatic N) is 6. The highest BCUT2D eigenvalue weighted by molar-refractivity contribution is 5.81. The molecular formula is C19H25N7O3. The number of rotatable bonds is 3. The van der Waals surface area contributed by atoms with Crippen LogP contribution in [-0.4, -0.2) is 64.5 Å². The Hall–Kier alpha value is -3.17. The van der Waals surface area contributed by atoms with Gasteiger partial charge >= 0.3 is 6.09 Å². The zero-order chi connectivity index (χ0) is 20.9. The number of ether oxygens (including phenoxy) is 1. The summed E-state index contributed by atoms with van der Waals surface area (Å²) in [6, 6.07) is -0.288. The summed E-state index contributed by atoms with van der Waals surface area (Å²) in [7, 11) is 1.88. The third-order valence-electron chi connectivity index (χ3n) is 5.43. The van der Waals surface area contributed by atoms with Crippen LogP contribution in [0.15, 0.2) is 12.5 Å². The van der Waals surface area contributed by atoms with E-state index in [4.69, 9.17) is 9.72 Å². The van der Waals surface area contributed by atoms with E-state index in [1.807, 2.05) is 39.3 Å². The summed E-state index contributed by atoms with van der Waals surface area (Å²) in [5.74, 6) is 1.08. The second-order valence-corrected chi connectivity index (χ2v) is 8.46. The molecule has 0 radical (unpaired) electrons. The van der Waals surface area contributed by atoms with Crippen molar-refractivity contribution < 1.29 is 14.6 Å². The predicted molar refractivity (Wildman–Crippen MR) is 106 cm³/mol. The Balaban J connectivity index is 1.73. The molecule has 0 aliphatic carbocycles. The Morgan fingerprint density at radius 1 is 1.34 bits per heavy atom. The lowest BCUT2D eigenvalue weighted by Gasteiger charge is -2.36. The molecule has 3 aromatic rings. The smallest absolute Gasteiger partial charge is 0.407 e. The first-order chi connectivity index (χ1) is 13.7. The number of hydrogen-bond acceptors (Lipinski definition) is 6. The van der Waals surface area contributed by atoms with Crippen LogP contribution < -0.4 is 4.74 Å². The van der Waals surface area contributed by atoms with Gasteiger partial charge in [-0.05, 0) is 12.3 Å². The highest BCUT2D eigenvalue weighted by Crippen LogP contribution is 2.36. The number of H-pyrrole nitrogens is 1. The molecule has 0 aromatic carbocycles. The molecule has 10 heteroatoms. The SMILES string of the molecule is Cc1n[nH]cc1-c1nc2c(OC3CCN(C(=O)O)C3C(C)(C)C)ncnc2n1C. The molecule has 1 amide bonds. The van der Waals surface area contributed by atoms with Gasteiger partial charge in [0.05, 0.1) is 17.3 Å². The van der Waals surface area contributed by atoms with Crippen LogP contribution in [0.5, 0.6) is 5.88 Å². The highest BCUT2D eigenvalue weighted by atomic mass is 16.5. The van der Waals surface area contributed by atoms with Crippen molar-refractivity contribution >= 4 is 17.3 Å². The minimum atomic E-state index is -0.931. The summed E-state index contributed by atoms with van der Waals surface area (Å²) >= 11 is 0. The fraction of sp³-hybridized carbons (Fsp3) is 0.526. The maximum atomic E-state index is 11.7. The van der Waals surface area contributed by atoms with Gasteiger partial charge in [0.1, 0.15) is 18.3 Å². The molecule has 0 saturated carbocycles. The summed E-state index contributed by atoms with van der Waals surface area (Å²) in [5.41, 5.74) is 2.62. The van der Waals surface area contributed by atoms with Gasteiger partial charge in [0, 0.05) is 26.2 Å². The quantitative estimate of drug-likeness (QED) is 0.694. The monoisotopic (exact) mass is 399 g/mol. The Morgan fingerprint density at radius 2 is 2.10 bits per heavy atom. The minimum Gasteiger partial charge on any atom is -0.470 e. The fourth-order valence-corrected chi connectivity index (χ4v) is 4.16. The Bertz CT molecular complexity index is 1070. The normalized spacial score (nSPS) is 19.8. The second-order valence-electron chi connectivity index (χ2n) is 8.46. The number of imidazole rings is 1. The number of fused-ring (bicyclic) bond motifs is 1. The van der Waals surface area contributed by atoms with Crippen LogP contribution in [0.3, 0.4) is 0 Å². The van der Waals surface area contributed by atoms with Gasteiger partial charge in [-0.1, -0.05) is 20.8 Å². The van der Waals surface area contributed by atoms with Gasteiger partial charge in [-0.25, -0.2) is 14.8 Å². The minimum absolute atomic E-state index is 0.283. The molecule has 1 fully saturated rings. The number of carbonyl (C=O) groups is 1. The molecule has 10 nitrogen and oxygen atoms in total. The van der Waals surface area contributed by atoms with E-state index in [1.54, 1.807) is 6.20 Å². The maximum absolute atomic E-state index is 11.7. The Morgan fingerprint density at radius 3 is 2.72 bits per heavy atom. The molecule has 2 atom stereocenters.